The molecule has 8 nitrogen and oxygen atoms in total. The zero-order chi connectivity index (χ0) is 15.6. The number of sulfonamides is 1. The van der Waals surface area contributed by atoms with Crippen LogP contribution in [0.5, 0.6) is 0 Å². The van der Waals surface area contributed by atoms with Crippen LogP contribution in [0.4, 0.5) is 4.79 Å². The molecule has 0 aliphatic carbocycles. The first-order valence-corrected chi connectivity index (χ1v) is 7.86. The number of carboxylic acids is 1. The lowest BCUT2D eigenvalue weighted by Gasteiger charge is -2.16. The number of hydrogen-bond acceptors (Lipinski definition) is 4. The van der Waals surface area contributed by atoms with Crippen molar-refractivity contribution >= 4 is 22.0 Å². The second kappa shape index (κ2) is 5.70. The number of carbonyl (C=O) groups excluding carboxylic acids is 1. The highest BCUT2D eigenvalue weighted by atomic mass is 32.2. The molecule has 4 N–H and O–H groups in total. The van der Waals surface area contributed by atoms with Crippen LogP contribution in [-0.4, -0.2) is 42.7 Å². The highest BCUT2D eigenvalue weighted by Crippen LogP contribution is 2.23. The Morgan fingerprint density at radius 1 is 1.29 bits per heavy atom. The third kappa shape index (κ3) is 3.92. The third-order valence-corrected chi connectivity index (χ3v) is 3.90. The largest absolute Gasteiger partial charge is 0.478 e. The lowest BCUT2D eigenvalue weighted by Crippen LogP contribution is -2.39. The Hall–Kier alpha value is -2.13. The molecular weight excluding hydrogens is 298 g/mol. The summed E-state index contributed by atoms with van der Waals surface area (Å²) in [5.74, 6) is -1.35. The molecule has 1 aliphatic rings. The van der Waals surface area contributed by atoms with E-state index in [2.05, 4.69) is 5.32 Å². The average molecular weight is 313 g/mol. The molecule has 0 saturated heterocycles. The Bertz CT molecular complexity index is 686. The van der Waals surface area contributed by atoms with Gasteiger partial charge in [0, 0.05) is 19.6 Å². The molecule has 9 heteroatoms. The highest BCUT2D eigenvalue weighted by Gasteiger charge is 2.24. The molecule has 0 atom stereocenters. The monoisotopic (exact) mass is 313 g/mol. The highest BCUT2D eigenvalue weighted by molar-refractivity contribution is 7.89. The maximum absolute atomic E-state index is 11.9. The molecule has 1 aromatic rings. The minimum atomic E-state index is -3.61. The quantitative estimate of drug-likeness (QED) is 0.702. The Morgan fingerprint density at radius 3 is 2.57 bits per heavy atom. The second-order valence-corrected chi connectivity index (χ2v) is 6.48. The molecular formula is C12H15N3O5S. The number of carbonyl (C=O) groups is 2. The smallest absolute Gasteiger partial charge is 0.335 e. The number of hydrogen-bond donors (Lipinski definition) is 3. The van der Waals surface area contributed by atoms with Crippen LogP contribution in [0.15, 0.2) is 18.2 Å². The standard InChI is InChI=1S/C12H15N3O5S/c13-21(19,20)4-3-14-12(18)15-6-9-2-1-8(11(16)17)5-10(9)7-15/h1-2,5H,3-4,6-7H2,(H,14,18)(H,16,17)(H2,13,19,20). The molecule has 0 unspecified atom stereocenters. The van der Waals surface area contributed by atoms with Gasteiger partial charge in [0.15, 0.2) is 0 Å². The number of aromatic carboxylic acids is 1. The molecule has 0 aromatic heterocycles. The SMILES string of the molecule is NS(=O)(=O)CCNC(=O)N1Cc2ccc(C(=O)O)cc2C1. The van der Waals surface area contributed by atoms with E-state index in [4.69, 9.17) is 10.2 Å². The van der Waals surface area contributed by atoms with Gasteiger partial charge in [-0.25, -0.2) is 23.1 Å². The van der Waals surface area contributed by atoms with Crippen molar-refractivity contribution in [3.8, 4) is 0 Å². The van der Waals surface area contributed by atoms with Gasteiger partial charge in [0.2, 0.25) is 10.0 Å². The summed E-state index contributed by atoms with van der Waals surface area (Å²) in [6, 6.07) is 4.29. The lowest BCUT2D eigenvalue weighted by atomic mass is 10.1. The topological polar surface area (TPSA) is 130 Å². The number of nitrogens with two attached hydrogens (primary N) is 1. The van der Waals surface area contributed by atoms with E-state index in [1.807, 2.05) is 0 Å². The van der Waals surface area contributed by atoms with E-state index in [0.717, 1.165) is 11.1 Å². The van der Waals surface area contributed by atoms with Crippen molar-refractivity contribution in [3.05, 3.63) is 34.9 Å². The van der Waals surface area contributed by atoms with E-state index in [1.165, 1.54) is 17.0 Å². The van der Waals surface area contributed by atoms with Crippen molar-refractivity contribution in [2.45, 2.75) is 13.1 Å². The van der Waals surface area contributed by atoms with Crippen molar-refractivity contribution in [2.75, 3.05) is 12.3 Å². The van der Waals surface area contributed by atoms with Gasteiger partial charge in [-0.15, -0.1) is 0 Å². The van der Waals surface area contributed by atoms with Crippen LogP contribution in [0.2, 0.25) is 0 Å². The average Bonchev–Trinajstić information content (AvgIpc) is 2.79. The van der Waals surface area contributed by atoms with Gasteiger partial charge in [-0.05, 0) is 23.3 Å². The van der Waals surface area contributed by atoms with E-state index in [1.54, 1.807) is 6.07 Å². The van der Waals surface area contributed by atoms with Gasteiger partial charge in [0.1, 0.15) is 0 Å². The second-order valence-electron chi connectivity index (χ2n) is 4.74. The minimum Gasteiger partial charge on any atom is -0.478 e. The van der Waals surface area contributed by atoms with Crippen LogP contribution in [0.25, 0.3) is 0 Å². The summed E-state index contributed by atoms with van der Waals surface area (Å²) in [6.45, 7) is 0.582. The van der Waals surface area contributed by atoms with Crippen molar-refractivity contribution < 1.29 is 23.1 Å². The number of primary sulfonamides is 1. The van der Waals surface area contributed by atoms with Gasteiger partial charge >= 0.3 is 12.0 Å². The fourth-order valence-electron chi connectivity index (χ4n) is 2.08. The molecule has 0 radical (unpaired) electrons. The summed E-state index contributed by atoms with van der Waals surface area (Å²) in [6.07, 6.45) is 0. The number of urea groups is 1. The summed E-state index contributed by atoms with van der Waals surface area (Å²) in [5, 5.41) is 16.2. The first-order chi connectivity index (χ1) is 9.76. The molecule has 2 rings (SSSR count). The van der Waals surface area contributed by atoms with Gasteiger partial charge in [0.25, 0.3) is 0 Å². The number of nitrogens with one attached hydrogen (secondary N) is 1. The fraction of sp³-hybridized carbons (Fsp3) is 0.333. The number of amides is 2. The summed E-state index contributed by atoms with van der Waals surface area (Å²) < 4.78 is 21.5. The molecule has 0 bridgehead atoms. The van der Waals surface area contributed by atoms with Crippen LogP contribution in [0.1, 0.15) is 21.5 Å². The normalized spacial score (nSPS) is 13.9. The summed E-state index contributed by atoms with van der Waals surface area (Å²) in [7, 11) is -3.61. The Morgan fingerprint density at radius 2 is 1.95 bits per heavy atom. The van der Waals surface area contributed by atoms with Crippen LogP contribution in [0.3, 0.4) is 0 Å². The van der Waals surface area contributed by atoms with Gasteiger partial charge in [0.05, 0.1) is 11.3 Å². The maximum Gasteiger partial charge on any atom is 0.335 e. The van der Waals surface area contributed by atoms with Gasteiger partial charge < -0.3 is 15.3 Å². The number of nitrogens with zero attached hydrogens (tertiary/aromatic N) is 1. The first-order valence-electron chi connectivity index (χ1n) is 6.14. The molecule has 0 spiro atoms. The predicted molar refractivity (Wildman–Crippen MR) is 74.0 cm³/mol. The Labute approximate surface area is 121 Å². The summed E-state index contributed by atoms with van der Waals surface area (Å²) >= 11 is 0. The third-order valence-electron chi connectivity index (χ3n) is 3.13. The van der Waals surface area contributed by atoms with Crippen molar-refractivity contribution in [3.63, 3.8) is 0 Å². The Kier molecular flexibility index (Phi) is 4.14. The Balaban J connectivity index is 1.96. The number of fused-ring (bicyclic) bond motifs is 1. The number of carboxylic acid groups (broad SMARTS) is 1. The molecule has 21 heavy (non-hydrogen) atoms. The summed E-state index contributed by atoms with van der Waals surface area (Å²) in [5.41, 5.74) is 1.82. The molecule has 1 aromatic carbocycles. The molecule has 0 fully saturated rings. The van der Waals surface area contributed by atoms with Gasteiger partial charge in [-0.2, -0.15) is 0 Å². The maximum atomic E-state index is 11.9. The number of benzene rings is 1. The van der Waals surface area contributed by atoms with Crippen LogP contribution in [-0.2, 0) is 23.1 Å². The van der Waals surface area contributed by atoms with E-state index in [9.17, 15) is 18.0 Å². The van der Waals surface area contributed by atoms with E-state index in [0.29, 0.717) is 6.54 Å². The summed E-state index contributed by atoms with van der Waals surface area (Å²) in [4.78, 5) is 24.2. The number of rotatable bonds is 4. The van der Waals surface area contributed by atoms with E-state index in [-0.39, 0.29) is 24.4 Å². The van der Waals surface area contributed by atoms with Crippen LogP contribution >= 0.6 is 0 Å². The molecule has 1 aliphatic heterocycles. The molecule has 0 saturated carbocycles. The van der Waals surface area contributed by atoms with Gasteiger partial charge in [-0.1, -0.05) is 6.07 Å². The zero-order valence-corrected chi connectivity index (χ0v) is 11.9. The van der Waals surface area contributed by atoms with E-state index < -0.39 is 22.0 Å². The van der Waals surface area contributed by atoms with Gasteiger partial charge in [-0.3, -0.25) is 0 Å². The van der Waals surface area contributed by atoms with E-state index >= 15 is 0 Å². The zero-order valence-electron chi connectivity index (χ0n) is 11.1. The predicted octanol–water partition coefficient (Wildman–Crippen LogP) is -0.301. The van der Waals surface area contributed by atoms with Crippen molar-refractivity contribution in [1.82, 2.24) is 10.2 Å². The van der Waals surface area contributed by atoms with Crippen LogP contribution in [0, 0.1) is 0 Å². The fourth-order valence-corrected chi connectivity index (χ4v) is 2.47. The van der Waals surface area contributed by atoms with Crippen LogP contribution < -0.4 is 10.5 Å². The first kappa shape index (κ1) is 15.3. The van der Waals surface area contributed by atoms with Crippen molar-refractivity contribution in [2.24, 2.45) is 5.14 Å². The molecule has 1 heterocycles. The lowest BCUT2D eigenvalue weighted by molar-refractivity contribution is 0.0696. The molecule has 114 valence electrons. The minimum absolute atomic E-state index is 0.0646. The molecule has 2 amide bonds. The van der Waals surface area contributed by atoms with Crippen molar-refractivity contribution in [1.29, 1.82) is 0 Å².